The van der Waals surface area contributed by atoms with Crippen molar-refractivity contribution in [3.8, 4) is 0 Å². The van der Waals surface area contributed by atoms with E-state index in [0.717, 1.165) is 5.69 Å². The molecule has 7 N–H and O–H groups in total. The van der Waals surface area contributed by atoms with Crippen LogP contribution in [0.2, 0.25) is 0 Å². The van der Waals surface area contributed by atoms with Crippen LogP contribution in [0.25, 0.3) is 0 Å². The van der Waals surface area contributed by atoms with Crippen LogP contribution in [0.15, 0.2) is 17.5 Å². The van der Waals surface area contributed by atoms with Gasteiger partial charge in [-0.05, 0) is 12.8 Å². The molecule has 8 nitrogen and oxygen atoms in total. The van der Waals surface area contributed by atoms with Crippen LogP contribution in [-0.4, -0.2) is 39.6 Å². The molecule has 1 rings (SSSR count). The first-order valence-electron chi connectivity index (χ1n) is 5.59. The molecular formula is C10H18N6O2. The zero-order valence-electron chi connectivity index (χ0n) is 9.97. The standard InChI is InChI=1S/C10H18N6O2/c11-8(9(17)18)2-1-3-14-10(12)15-5-7-4-13-6-16-7/h4,6,8H,1-3,5,11H2,(H,13,16)(H,17,18)(H3,12,14,15)/t8-/m0/s1. The fourth-order valence-electron chi connectivity index (χ4n) is 1.26. The molecule has 0 aliphatic carbocycles. The Morgan fingerprint density at radius 3 is 3.06 bits per heavy atom. The van der Waals surface area contributed by atoms with Crippen LogP contribution in [0.1, 0.15) is 18.5 Å². The van der Waals surface area contributed by atoms with Crippen LogP contribution in [0.5, 0.6) is 0 Å². The van der Waals surface area contributed by atoms with Crippen LogP contribution in [0.3, 0.4) is 0 Å². The fourth-order valence-corrected chi connectivity index (χ4v) is 1.26. The van der Waals surface area contributed by atoms with Crippen molar-refractivity contribution in [3.63, 3.8) is 0 Å². The van der Waals surface area contributed by atoms with Crippen molar-refractivity contribution in [2.75, 3.05) is 6.54 Å². The van der Waals surface area contributed by atoms with Gasteiger partial charge >= 0.3 is 5.97 Å². The molecule has 1 heterocycles. The van der Waals surface area contributed by atoms with Crippen LogP contribution in [0.4, 0.5) is 0 Å². The Hall–Kier alpha value is -2.09. The van der Waals surface area contributed by atoms with Crippen molar-refractivity contribution in [2.45, 2.75) is 25.4 Å². The number of aliphatic imine (C=N–C) groups is 1. The van der Waals surface area contributed by atoms with E-state index in [1.807, 2.05) is 0 Å². The molecule has 0 aliphatic heterocycles. The van der Waals surface area contributed by atoms with E-state index in [9.17, 15) is 4.79 Å². The molecule has 1 aromatic heterocycles. The number of carboxylic acid groups (broad SMARTS) is 1. The third-order valence-corrected chi connectivity index (χ3v) is 2.29. The minimum Gasteiger partial charge on any atom is -0.480 e. The topological polar surface area (TPSA) is 142 Å². The van der Waals surface area contributed by atoms with Crippen molar-refractivity contribution in [1.82, 2.24) is 15.3 Å². The summed E-state index contributed by atoms with van der Waals surface area (Å²) in [6.07, 6.45) is 4.26. The second kappa shape index (κ2) is 7.28. The number of imidazole rings is 1. The van der Waals surface area contributed by atoms with Crippen LogP contribution < -0.4 is 16.8 Å². The van der Waals surface area contributed by atoms with Crippen molar-refractivity contribution < 1.29 is 9.90 Å². The number of nitrogens with two attached hydrogens (primary N) is 2. The second-order valence-electron chi connectivity index (χ2n) is 3.79. The smallest absolute Gasteiger partial charge is 0.320 e. The lowest BCUT2D eigenvalue weighted by Gasteiger charge is -2.07. The number of rotatable bonds is 7. The number of aromatic nitrogens is 2. The molecule has 0 aliphatic rings. The van der Waals surface area contributed by atoms with Gasteiger partial charge in [0.2, 0.25) is 0 Å². The largest absolute Gasteiger partial charge is 0.480 e. The molecule has 100 valence electrons. The molecule has 0 fully saturated rings. The SMILES string of the molecule is NC(=NCc1cnc[nH]1)NCCC[C@H](N)C(=O)O. The first kappa shape index (κ1) is 14.0. The van der Waals surface area contributed by atoms with E-state index >= 15 is 0 Å². The average Bonchev–Trinajstić information content (AvgIpc) is 2.84. The predicted octanol–water partition coefficient (Wildman–Crippen LogP) is -0.994. The molecule has 0 bridgehead atoms. The summed E-state index contributed by atoms with van der Waals surface area (Å²) < 4.78 is 0. The number of H-pyrrole nitrogens is 1. The first-order chi connectivity index (χ1) is 8.59. The number of carbonyl (C=O) groups is 1. The van der Waals surface area contributed by atoms with Gasteiger partial charge in [-0.25, -0.2) is 9.98 Å². The zero-order valence-corrected chi connectivity index (χ0v) is 9.97. The van der Waals surface area contributed by atoms with Crippen molar-refractivity contribution >= 4 is 11.9 Å². The lowest BCUT2D eigenvalue weighted by Crippen LogP contribution is -2.34. The third-order valence-electron chi connectivity index (χ3n) is 2.29. The quantitative estimate of drug-likeness (QED) is 0.240. The number of hydrogen-bond donors (Lipinski definition) is 5. The summed E-state index contributed by atoms with van der Waals surface area (Å²) in [6, 6.07) is -0.824. The molecule has 0 radical (unpaired) electrons. The summed E-state index contributed by atoms with van der Waals surface area (Å²) in [5, 5.41) is 11.5. The van der Waals surface area contributed by atoms with Crippen LogP contribution in [0, 0.1) is 0 Å². The third kappa shape index (κ3) is 5.30. The second-order valence-corrected chi connectivity index (χ2v) is 3.79. The number of nitrogens with zero attached hydrogens (tertiary/aromatic N) is 2. The molecule has 0 unspecified atom stereocenters. The normalized spacial score (nSPS) is 13.3. The molecule has 0 amide bonds. The summed E-state index contributed by atoms with van der Waals surface area (Å²) >= 11 is 0. The highest BCUT2D eigenvalue weighted by atomic mass is 16.4. The summed E-state index contributed by atoms with van der Waals surface area (Å²) in [5.74, 6) is -0.676. The number of aliphatic carboxylic acids is 1. The highest BCUT2D eigenvalue weighted by Gasteiger charge is 2.09. The Labute approximate surface area is 104 Å². The zero-order chi connectivity index (χ0) is 13.4. The van der Waals surface area contributed by atoms with Crippen molar-refractivity contribution in [2.24, 2.45) is 16.5 Å². The van der Waals surface area contributed by atoms with Crippen LogP contribution in [-0.2, 0) is 11.3 Å². The summed E-state index contributed by atoms with van der Waals surface area (Å²) in [5.41, 5.74) is 11.8. The van der Waals surface area contributed by atoms with Gasteiger partial charge in [-0.1, -0.05) is 0 Å². The van der Waals surface area contributed by atoms with Crippen molar-refractivity contribution in [1.29, 1.82) is 0 Å². The molecule has 1 atom stereocenters. The van der Waals surface area contributed by atoms with E-state index in [-0.39, 0.29) is 0 Å². The Balaban J connectivity index is 2.15. The van der Waals surface area contributed by atoms with Gasteiger partial charge in [0, 0.05) is 12.7 Å². The van der Waals surface area contributed by atoms with E-state index in [1.54, 1.807) is 12.5 Å². The molecular weight excluding hydrogens is 236 g/mol. The van der Waals surface area contributed by atoms with Crippen LogP contribution >= 0.6 is 0 Å². The Kier molecular flexibility index (Phi) is 5.65. The van der Waals surface area contributed by atoms with Gasteiger partial charge in [-0.3, -0.25) is 4.79 Å². The molecule has 1 aromatic rings. The molecule has 0 saturated heterocycles. The van der Waals surface area contributed by atoms with E-state index < -0.39 is 12.0 Å². The highest BCUT2D eigenvalue weighted by molar-refractivity contribution is 5.77. The molecule has 0 aromatic carbocycles. The minimum atomic E-state index is -0.990. The first-order valence-corrected chi connectivity index (χ1v) is 5.59. The van der Waals surface area contributed by atoms with Gasteiger partial charge in [-0.15, -0.1) is 0 Å². The monoisotopic (exact) mass is 254 g/mol. The molecule has 0 saturated carbocycles. The van der Waals surface area contributed by atoms with Gasteiger partial charge in [0.15, 0.2) is 5.96 Å². The lowest BCUT2D eigenvalue weighted by atomic mass is 10.2. The number of aromatic amines is 1. The minimum absolute atomic E-state index is 0.313. The Morgan fingerprint density at radius 1 is 1.67 bits per heavy atom. The van der Waals surface area contributed by atoms with Crippen molar-refractivity contribution in [3.05, 3.63) is 18.2 Å². The van der Waals surface area contributed by atoms with E-state index in [0.29, 0.717) is 31.9 Å². The summed E-state index contributed by atoms with van der Waals surface area (Å²) in [6.45, 7) is 0.965. The number of carboxylic acids is 1. The maximum atomic E-state index is 10.5. The molecule has 0 spiro atoms. The Morgan fingerprint density at radius 2 is 2.44 bits per heavy atom. The molecule has 18 heavy (non-hydrogen) atoms. The van der Waals surface area contributed by atoms with Gasteiger partial charge in [-0.2, -0.15) is 0 Å². The number of guanidine groups is 1. The Bertz CT molecular complexity index is 389. The predicted molar refractivity (Wildman–Crippen MR) is 66.8 cm³/mol. The summed E-state index contributed by atoms with van der Waals surface area (Å²) in [7, 11) is 0. The van der Waals surface area contributed by atoms with Gasteiger partial charge < -0.3 is 26.9 Å². The maximum absolute atomic E-state index is 10.5. The van der Waals surface area contributed by atoms with E-state index in [4.69, 9.17) is 16.6 Å². The average molecular weight is 254 g/mol. The van der Waals surface area contributed by atoms with E-state index in [1.165, 1.54) is 0 Å². The van der Waals surface area contributed by atoms with E-state index in [2.05, 4.69) is 20.3 Å². The van der Waals surface area contributed by atoms with Gasteiger partial charge in [0.1, 0.15) is 6.04 Å². The number of hydrogen-bond acceptors (Lipinski definition) is 4. The fraction of sp³-hybridized carbons (Fsp3) is 0.500. The van der Waals surface area contributed by atoms with Gasteiger partial charge in [0.25, 0.3) is 0 Å². The highest BCUT2D eigenvalue weighted by Crippen LogP contribution is 1.94. The summed E-state index contributed by atoms with van der Waals surface area (Å²) in [4.78, 5) is 21.3. The molecule has 8 heteroatoms. The van der Waals surface area contributed by atoms with Gasteiger partial charge in [0.05, 0.1) is 18.6 Å². The lowest BCUT2D eigenvalue weighted by molar-refractivity contribution is -0.138. The maximum Gasteiger partial charge on any atom is 0.320 e. The number of nitrogens with one attached hydrogen (secondary N) is 2.